The van der Waals surface area contributed by atoms with Crippen molar-refractivity contribution >= 4 is 76.6 Å². The van der Waals surface area contributed by atoms with Crippen LogP contribution < -0.4 is 11.1 Å². The number of hydrogen-bond acceptors (Lipinski definition) is 2. The number of rotatable bonds is 8. The third-order valence-electron chi connectivity index (χ3n) is 13.4. The van der Waals surface area contributed by atoms with E-state index >= 15 is 0 Å². The number of hydrogen-bond donors (Lipinski definition) is 2. The molecule has 0 saturated heterocycles. The van der Waals surface area contributed by atoms with Crippen LogP contribution in [-0.4, -0.2) is 9.13 Å². The predicted molar refractivity (Wildman–Crippen MR) is 332 cm³/mol. The van der Waals surface area contributed by atoms with Crippen molar-refractivity contribution in [3.63, 3.8) is 0 Å². The van der Waals surface area contributed by atoms with Crippen LogP contribution in [0.5, 0.6) is 0 Å². The lowest BCUT2D eigenvalue weighted by Crippen LogP contribution is -1.93. The molecule has 2 aromatic heterocycles. The largest absolute Gasteiger partial charge is 0.399 e. The summed E-state index contributed by atoms with van der Waals surface area (Å²) in [5, 5.41) is 8.03. The average Bonchev–Trinajstić information content (AvgIpc) is 2.12. The third kappa shape index (κ3) is 10.4. The van der Waals surface area contributed by atoms with Gasteiger partial charge in [-0.2, -0.15) is 0 Å². The van der Waals surface area contributed by atoms with Gasteiger partial charge in [0.05, 0.1) is 33.0 Å². The summed E-state index contributed by atoms with van der Waals surface area (Å²) in [6.07, 6.45) is 0. The van der Waals surface area contributed by atoms with Crippen LogP contribution in [-0.2, 0) is 0 Å². The van der Waals surface area contributed by atoms with Crippen LogP contribution in [0.2, 0.25) is 0 Å². The molecule has 0 fully saturated rings. The van der Waals surface area contributed by atoms with E-state index in [0.717, 1.165) is 44.5 Å². The molecule has 0 amide bonds. The molecule has 0 aliphatic heterocycles. The molecule has 77 heavy (non-hydrogen) atoms. The first-order valence-electron chi connectivity index (χ1n) is 29.2. The Balaban J connectivity index is 0.000000140. The maximum absolute atomic E-state index is 8.67. The molecular formula is C72H53BrN4. The van der Waals surface area contributed by atoms with Crippen molar-refractivity contribution < 1.29 is 11.0 Å². The molecule has 3 N–H and O–H groups in total. The lowest BCUT2D eigenvalue weighted by atomic mass is 10.0. The Morgan fingerprint density at radius 2 is 0.688 bits per heavy atom. The van der Waals surface area contributed by atoms with Crippen molar-refractivity contribution in [3.05, 3.63) is 308 Å². The lowest BCUT2D eigenvalue weighted by molar-refractivity contribution is 1.18. The number of para-hydroxylation sites is 4. The number of anilines is 3. The van der Waals surface area contributed by atoms with Gasteiger partial charge in [0.25, 0.3) is 0 Å². The lowest BCUT2D eigenvalue weighted by Gasteiger charge is -2.11. The van der Waals surface area contributed by atoms with Gasteiger partial charge < -0.3 is 20.2 Å². The van der Waals surface area contributed by atoms with Gasteiger partial charge in [0, 0.05) is 54.5 Å². The predicted octanol–water partition coefficient (Wildman–Crippen LogP) is 20.0. The number of nitrogens with zero attached hydrogens (tertiary/aromatic N) is 2. The molecule has 0 aliphatic rings. The summed E-state index contributed by atoms with van der Waals surface area (Å²) in [6.45, 7) is 0. The molecule has 14 rings (SSSR count). The highest BCUT2D eigenvalue weighted by Crippen LogP contribution is 2.37. The molecule has 0 aliphatic carbocycles. The zero-order chi connectivity index (χ0) is 58.9. The van der Waals surface area contributed by atoms with E-state index in [0.29, 0.717) is 27.9 Å². The third-order valence-corrected chi connectivity index (χ3v) is 13.8. The highest BCUT2D eigenvalue weighted by Gasteiger charge is 2.15. The second-order valence-electron chi connectivity index (χ2n) is 18.3. The summed E-state index contributed by atoms with van der Waals surface area (Å²) in [4.78, 5) is 0. The summed E-state index contributed by atoms with van der Waals surface area (Å²) in [5.74, 6) is 0. The maximum atomic E-state index is 8.67. The zero-order valence-corrected chi connectivity index (χ0v) is 43.2. The van der Waals surface area contributed by atoms with Crippen LogP contribution in [0, 0.1) is 0 Å². The molecule has 2 heterocycles. The Morgan fingerprint density at radius 3 is 1.18 bits per heavy atom. The van der Waals surface area contributed by atoms with Crippen molar-refractivity contribution in [1.82, 2.24) is 9.13 Å². The summed E-state index contributed by atoms with van der Waals surface area (Å²) >= 11 is 3.07. The number of fused-ring (bicyclic) bond motifs is 6. The Bertz CT molecular complexity index is 4740. The van der Waals surface area contributed by atoms with Crippen molar-refractivity contribution in [2.24, 2.45) is 0 Å². The van der Waals surface area contributed by atoms with Crippen molar-refractivity contribution in [1.29, 1.82) is 0 Å². The maximum Gasteiger partial charge on any atom is 0.0645 e. The van der Waals surface area contributed by atoms with Crippen molar-refractivity contribution in [2.45, 2.75) is 0 Å². The van der Waals surface area contributed by atoms with E-state index in [1.165, 1.54) is 38.4 Å². The molecule has 0 unspecified atom stereocenters. The van der Waals surface area contributed by atoms with E-state index in [1.54, 1.807) is 24.3 Å². The van der Waals surface area contributed by atoms with Crippen LogP contribution in [0.4, 0.5) is 17.1 Å². The molecule has 0 radical (unpaired) electrons. The van der Waals surface area contributed by atoms with Gasteiger partial charge in [0.1, 0.15) is 0 Å². The van der Waals surface area contributed by atoms with Crippen LogP contribution in [0.15, 0.2) is 308 Å². The summed E-state index contributed by atoms with van der Waals surface area (Å²) in [6, 6.07) is 84.5. The standard InChI is InChI=1S/C36H26N2.C24H18N2.C12H9Br/c1-3-10-26(11-4-1)27-18-21-30(22-19-27)37-31-13-9-12-28(24-31)29-20-23-36-34(25-29)33-16-7-8-17-35(33)38(36)32-14-5-2-6-15-32;25-19-8-6-7-17(15-19)18-13-14-24-22(16-18)21-11-4-5-12-23(21)26(24)20-9-2-1-3-10-20;13-12-8-6-11(7-9-12)10-4-2-1-3-5-10/h1-25,37H;1-16H,25H2;1-9H/i18D,19D,21D,22D;;6D,7D,8D,9D. The van der Waals surface area contributed by atoms with Gasteiger partial charge in [-0.1, -0.05) is 210 Å². The summed E-state index contributed by atoms with van der Waals surface area (Å²) in [5.41, 5.74) is 20.9. The Labute approximate surface area is 469 Å². The van der Waals surface area contributed by atoms with E-state index in [-0.39, 0.29) is 58.5 Å². The van der Waals surface area contributed by atoms with Crippen LogP contribution in [0.1, 0.15) is 11.0 Å². The fourth-order valence-corrected chi connectivity index (χ4v) is 10.0. The van der Waals surface area contributed by atoms with Crippen molar-refractivity contribution in [2.75, 3.05) is 11.1 Å². The van der Waals surface area contributed by atoms with Crippen LogP contribution >= 0.6 is 15.9 Å². The first-order chi connectivity index (χ1) is 41.4. The van der Waals surface area contributed by atoms with Gasteiger partial charge in [0.2, 0.25) is 0 Å². The quantitative estimate of drug-likeness (QED) is 0.149. The minimum atomic E-state index is -0.101. The van der Waals surface area contributed by atoms with E-state index in [2.05, 4.69) is 176 Å². The monoisotopic (exact) mass is 1060 g/mol. The number of nitrogens with one attached hydrogen (secondary N) is 1. The number of nitrogen functional groups attached to an aromatic ring is 1. The molecule has 14 aromatic rings. The fourth-order valence-electron chi connectivity index (χ4n) is 9.83. The Morgan fingerprint density at radius 1 is 0.299 bits per heavy atom. The second kappa shape index (κ2) is 22.0. The van der Waals surface area contributed by atoms with E-state index in [1.807, 2.05) is 84.9 Å². The van der Waals surface area contributed by atoms with Crippen molar-refractivity contribution in [3.8, 4) is 55.9 Å². The molecule has 4 nitrogen and oxygen atoms in total. The molecule has 0 saturated carbocycles. The van der Waals surface area contributed by atoms with E-state index in [9.17, 15) is 0 Å². The number of benzene rings is 12. The topological polar surface area (TPSA) is 47.9 Å². The molecule has 368 valence electrons. The molecule has 0 atom stereocenters. The number of halogens is 1. The van der Waals surface area contributed by atoms with E-state index in [4.69, 9.17) is 16.7 Å². The fraction of sp³-hybridized carbons (Fsp3) is 0. The Kier molecular flexibility index (Phi) is 11.4. The number of aromatic nitrogens is 2. The van der Waals surface area contributed by atoms with Gasteiger partial charge in [-0.3, -0.25) is 0 Å². The van der Waals surface area contributed by atoms with Gasteiger partial charge in [-0.15, -0.1) is 0 Å². The zero-order valence-electron chi connectivity index (χ0n) is 49.6. The minimum Gasteiger partial charge on any atom is -0.399 e. The van der Waals surface area contributed by atoms with Crippen LogP contribution in [0.25, 0.3) is 99.5 Å². The number of nitrogens with two attached hydrogens (primary N) is 1. The van der Waals surface area contributed by atoms with Crippen LogP contribution in [0.3, 0.4) is 0 Å². The molecular weight excluding hydrogens is 1000 g/mol. The molecule has 0 spiro atoms. The Hall–Kier alpha value is -9.68. The minimum absolute atomic E-state index is 0.0240. The molecule has 5 heteroatoms. The average molecular weight is 1060 g/mol. The SMILES string of the molecule is Nc1cccc(-c2ccc3c(c2)c2ccccc2n3-c2ccccc2)c1.[2H]c1c([2H])c(-c2ccccc2)c([2H])c([2H])c1Br.[2H]c1c([2H])c(-c2ccccc2)c([2H])c([2H])c1Nc1cccc(-c2ccc3c(c2)c2ccccc2n3-c2ccccc2)c1. The summed E-state index contributed by atoms with van der Waals surface area (Å²) < 4.78 is 70.7. The molecule has 12 aromatic carbocycles. The van der Waals surface area contributed by atoms with E-state index < -0.39 is 0 Å². The van der Waals surface area contributed by atoms with Gasteiger partial charge in [-0.25, -0.2) is 0 Å². The first-order valence-corrected chi connectivity index (χ1v) is 26.0. The molecule has 0 bridgehead atoms. The normalized spacial score (nSPS) is 12.4. The van der Waals surface area contributed by atoms with Gasteiger partial charge in [0.15, 0.2) is 0 Å². The van der Waals surface area contributed by atoms with Gasteiger partial charge >= 0.3 is 0 Å². The smallest absolute Gasteiger partial charge is 0.0645 e. The summed E-state index contributed by atoms with van der Waals surface area (Å²) in [7, 11) is 0. The highest BCUT2D eigenvalue weighted by molar-refractivity contribution is 9.10. The highest BCUT2D eigenvalue weighted by atomic mass is 79.9. The first kappa shape index (κ1) is 39.7. The van der Waals surface area contributed by atoms with Gasteiger partial charge in [-0.05, 0) is 154 Å². The second-order valence-corrected chi connectivity index (χ2v) is 19.1.